The number of nitrogens with one attached hydrogen (secondary N) is 1. The van der Waals surface area contributed by atoms with Crippen molar-refractivity contribution in [3.8, 4) is 0 Å². The number of fused-ring (bicyclic) bond motifs is 1. The van der Waals surface area contributed by atoms with Crippen LogP contribution in [-0.2, 0) is 4.79 Å². The average Bonchev–Trinajstić information content (AvgIpc) is 2.08. The molecule has 2 atom stereocenters. The summed E-state index contributed by atoms with van der Waals surface area (Å²) in [5, 5.41) is 3.43. The highest BCUT2D eigenvalue weighted by molar-refractivity contribution is 5.91. The molecule has 1 aliphatic heterocycles. The van der Waals surface area contributed by atoms with Crippen molar-refractivity contribution in [1.82, 2.24) is 5.32 Å². The van der Waals surface area contributed by atoms with Crippen molar-refractivity contribution in [2.75, 3.05) is 0 Å². The maximum Gasteiger partial charge on any atom is 0.157 e. The van der Waals surface area contributed by atoms with E-state index in [1.807, 2.05) is 6.08 Å². The molecule has 0 saturated carbocycles. The molecular formula is C11H17NO. The minimum atomic E-state index is 0.264. The number of rotatable bonds is 0. The topological polar surface area (TPSA) is 29.1 Å². The van der Waals surface area contributed by atoms with Gasteiger partial charge in [0.15, 0.2) is 5.78 Å². The Morgan fingerprint density at radius 1 is 1.54 bits per heavy atom. The normalized spacial score (nSPS) is 39.1. The first-order chi connectivity index (χ1) is 6.10. The summed E-state index contributed by atoms with van der Waals surface area (Å²) in [7, 11) is 0. The summed E-state index contributed by atoms with van der Waals surface area (Å²) in [5.74, 6) is 0.286. The molecule has 0 aromatic carbocycles. The second-order valence-electron chi connectivity index (χ2n) is 4.67. The molecule has 72 valence electrons. The molecule has 1 fully saturated rings. The van der Waals surface area contributed by atoms with Crippen LogP contribution in [0.25, 0.3) is 0 Å². The van der Waals surface area contributed by atoms with Crippen LogP contribution in [0.15, 0.2) is 11.8 Å². The van der Waals surface area contributed by atoms with Gasteiger partial charge in [-0.2, -0.15) is 0 Å². The summed E-state index contributed by atoms with van der Waals surface area (Å²) in [6.07, 6.45) is 6.02. The van der Waals surface area contributed by atoms with Gasteiger partial charge >= 0.3 is 0 Å². The van der Waals surface area contributed by atoms with Gasteiger partial charge in [0.25, 0.3) is 0 Å². The van der Waals surface area contributed by atoms with Crippen LogP contribution in [0.3, 0.4) is 0 Å². The molecule has 2 aliphatic rings. The van der Waals surface area contributed by atoms with Gasteiger partial charge in [-0.15, -0.1) is 0 Å². The summed E-state index contributed by atoms with van der Waals surface area (Å²) in [4.78, 5) is 11.3. The van der Waals surface area contributed by atoms with Crippen molar-refractivity contribution in [2.45, 2.75) is 45.6 Å². The highest BCUT2D eigenvalue weighted by Gasteiger charge is 2.36. The third-order valence-electron chi connectivity index (χ3n) is 3.41. The van der Waals surface area contributed by atoms with Crippen molar-refractivity contribution < 1.29 is 4.79 Å². The fourth-order valence-electron chi connectivity index (χ4n) is 2.29. The Labute approximate surface area is 79.4 Å². The van der Waals surface area contributed by atoms with Crippen LogP contribution in [0.1, 0.15) is 39.5 Å². The van der Waals surface area contributed by atoms with Gasteiger partial charge in [-0.05, 0) is 26.2 Å². The molecule has 0 unspecified atom stereocenters. The molecule has 2 rings (SSSR count). The van der Waals surface area contributed by atoms with Crippen LogP contribution < -0.4 is 5.32 Å². The predicted molar refractivity (Wildman–Crippen MR) is 52.3 cm³/mol. The fraction of sp³-hybridized carbons (Fsp3) is 0.727. The van der Waals surface area contributed by atoms with Crippen LogP contribution in [0.5, 0.6) is 0 Å². The van der Waals surface area contributed by atoms with Crippen LogP contribution in [-0.4, -0.2) is 11.8 Å². The average molecular weight is 179 g/mol. The van der Waals surface area contributed by atoms with Crippen LogP contribution in [0.4, 0.5) is 0 Å². The van der Waals surface area contributed by atoms with Crippen molar-refractivity contribution in [1.29, 1.82) is 0 Å². The molecule has 0 amide bonds. The van der Waals surface area contributed by atoms with E-state index in [0.717, 1.165) is 12.8 Å². The molecular weight excluding hydrogens is 162 g/mol. The molecule has 1 aliphatic carbocycles. The van der Waals surface area contributed by atoms with Gasteiger partial charge in [-0.3, -0.25) is 4.79 Å². The van der Waals surface area contributed by atoms with Crippen LogP contribution in [0.2, 0.25) is 0 Å². The first-order valence-electron chi connectivity index (χ1n) is 5.12. The van der Waals surface area contributed by atoms with Gasteiger partial charge in [0.1, 0.15) is 0 Å². The van der Waals surface area contributed by atoms with Gasteiger partial charge in [0.2, 0.25) is 0 Å². The molecule has 1 saturated heterocycles. The molecule has 1 heterocycles. The van der Waals surface area contributed by atoms with E-state index in [2.05, 4.69) is 19.2 Å². The highest BCUT2D eigenvalue weighted by atomic mass is 16.1. The molecule has 0 aromatic rings. The largest absolute Gasteiger partial charge is 0.385 e. The number of carbonyl (C=O) groups excluding carboxylic acids is 1. The van der Waals surface area contributed by atoms with E-state index in [4.69, 9.17) is 0 Å². The molecule has 2 nitrogen and oxygen atoms in total. The lowest BCUT2D eigenvalue weighted by Crippen LogP contribution is -2.43. The van der Waals surface area contributed by atoms with Gasteiger partial charge in [-0.25, -0.2) is 0 Å². The van der Waals surface area contributed by atoms with Gasteiger partial charge in [0.05, 0.1) is 0 Å². The van der Waals surface area contributed by atoms with E-state index >= 15 is 0 Å². The summed E-state index contributed by atoms with van der Waals surface area (Å²) in [5.41, 5.74) is 1.45. The summed E-state index contributed by atoms with van der Waals surface area (Å²) >= 11 is 0. The molecule has 1 N–H and O–H groups in total. The van der Waals surface area contributed by atoms with Crippen molar-refractivity contribution in [2.24, 2.45) is 5.41 Å². The van der Waals surface area contributed by atoms with Crippen molar-refractivity contribution in [3.63, 3.8) is 0 Å². The second kappa shape index (κ2) is 2.86. The lowest BCUT2D eigenvalue weighted by Gasteiger charge is -2.42. The number of allylic oxidation sites excluding steroid dienone is 2. The van der Waals surface area contributed by atoms with Crippen molar-refractivity contribution in [3.05, 3.63) is 11.8 Å². The first kappa shape index (κ1) is 8.79. The number of hydrogen-bond donors (Lipinski definition) is 1. The maximum atomic E-state index is 11.3. The minimum Gasteiger partial charge on any atom is -0.385 e. The standard InChI is InChI=1S/C11H17NO/c1-8-3-5-11(2)6-4-9(13)7-10(11)12-8/h7-8,12H,3-6H2,1-2H3/t8-,11+/m1/s1. The van der Waals surface area contributed by atoms with Crippen LogP contribution in [0, 0.1) is 5.41 Å². The lowest BCUT2D eigenvalue weighted by atomic mass is 9.71. The zero-order chi connectivity index (χ0) is 9.47. The van der Waals surface area contributed by atoms with Gasteiger partial charge < -0.3 is 5.32 Å². The number of ketones is 1. The zero-order valence-corrected chi connectivity index (χ0v) is 8.39. The Morgan fingerprint density at radius 3 is 3.08 bits per heavy atom. The third-order valence-corrected chi connectivity index (χ3v) is 3.41. The van der Waals surface area contributed by atoms with E-state index in [0.29, 0.717) is 6.04 Å². The Bertz CT molecular complexity index is 269. The predicted octanol–water partition coefficient (Wildman–Crippen LogP) is 2.01. The zero-order valence-electron chi connectivity index (χ0n) is 8.39. The summed E-state index contributed by atoms with van der Waals surface area (Å²) in [6, 6.07) is 0.533. The van der Waals surface area contributed by atoms with E-state index in [9.17, 15) is 4.79 Å². The van der Waals surface area contributed by atoms with E-state index in [1.54, 1.807) is 0 Å². The molecule has 0 spiro atoms. The molecule has 0 aromatic heterocycles. The maximum absolute atomic E-state index is 11.3. The Hall–Kier alpha value is -0.790. The van der Waals surface area contributed by atoms with E-state index in [1.165, 1.54) is 18.5 Å². The van der Waals surface area contributed by atoms with Gasteiger partial charge in [0, 0.05) is 29.7 Å². The van der Waals surface area contributed by atoms with Crippen LogP contribution >= 0.6 is 0 Å². The van der Waals surface area contributed by atoms with E-state index in [-0.39, 0.29) is 11.2 Å². The molecule has 2 heteroatoms. The monoisotopic (exact) mass is 179 g/mol. The quantitative estimate of drug-likeness (QED) is 0.616. The SMILES string of the molecule is C[C@@H]1CC[C@@]2(C)CCC(=O)C=C2N1. The second-order valence-corrected chi connectivity index (χ2v) is 4.67. The molecule has 0 radical (unpaired) electrons. The highest BCUT2D eigenvalue weighted by Crippen LogP contribution is 2.42. The van der Waals surface area contributed by atoms with E-state index < -0.39 is 0 Å². The smallest absolute Gasteiger partial charge is 0.157 e. The number of piperidine rings is 1. The number of hydrogen-bond acceptors (Lipinski definition) is 2. The Kier molecular flexibility index (Phi) is 1.94. The first-order valence-corrected chi connectivity index (χ1v) is 5.12. The Balaban J connectivity index is 2.27. The fourth-order valence-corrected chi connectivity index (χ4v) is 2.29. The summed E-state index contributed by atoms with van der Waals surface area (Å²) in [6.45, 7) is 4.45. The third kappa shape index (κ3) is 1.50. The lowest BCUT2D eigenvalue weighted by molar-refractivity contribution is -0.116. The van der Waals surface area contributed by atoms with Gasteiger partial charge in [-0.1, -0.05) is 6.92 Å². The molecule has 13 heavy (non-hydrogen) atoms. The summed E-state index contributed by atoms with van der Waals surface area (Å²) < 4.78 is 0. The number of carbonyl (C=O) groups is 1. The molecule has 0 bridgehead atoms. The minimum absolute atomic E-state index is 0.264. The van der Waals surface area contributed by atoms with Crippen molar-refractivity contribution >= 4 is 5.78 Å². The Morgan fingerprint density at radius 2 is 2.31 bits per heavy atom.